The first kappa shape index (κ1) is 19.1. The Hall–Kier alpha value is -1.26. The number of hydrogen-bond donors (Lipinski definition) is 0. The van der Waals surface area contributed by atoms with E-state index in [0.29, 0.717) is 17.1 Å². The molecule has 1 saturated heterocycles. The van der Waals surface area contributed by atoms with E-state index in [1.165, 1.54) is 38.5 Å². The molecule has 1 amide bonds. The van der Waals surface area contributed by atoms with Gasteiger partial charge in [0.15, 0.2) is 5.17 Å². The van der Waals surface area contributed by atoms with Crippen molar-refractivity contribution in [3.8, 4) is 0 Å². The Balaban J connectivity index is 1.61. The van der Waals surface area contributed by atoms with E-state index in [2.05, 4.69) is 0 Å². The molecule has 0 radical (unpaired) electrons. The summed E-state index contributed by atoms with van der Waals surface area (Å²) in [6, 6.07) is 8.36. The number of rotatable bonds is 3. The van der Waals surface area contributed by atoms with Crippen LogP contribution in [0.3, 0.4) is 0 Å². The van der Waals surface area contributed by atoms with Crippen LogP contribution in [-0.4, -0.2) is 28.1 Å². The minimum atomic E-state index is 0.136. The van der Waals surface area contributed by atoms with Crippen molar-refractivity contribution in [2.75, 3.05) is 0 Å². The van der Waals surface area contributed by atoms with E-state index in [1.54, 1.807) is 11.8 Å². The van der Waals surface area contributed by atoms with E-state index in [9.17, 15) is 4.79 Å². The van der Waals surface area contributed by atoms with Crippen LogP contribution in [0.15, 0.2) is 34.2 Å². The highest BCUT2D eigenvalue weighted by Gasteiger charge is 2.39. The fourth-order valence-electron chi connectivity index (χ4n) is 4.31. The van der Waals surface area contributed by atoms with Gasteiger partial charge in [-0.1, -0.05) is 62.3 Å². The Morgan fingerprint density at radius 2 is 1.59 bits per heavy atom. The van der Waals surface area contributed by atoms with Gasteiger partial charge in [0, 0.05) is 11.1 Å². The molecule has 0 N–H and O–H groups in total. The van der Waals surface area contributed by atoms with Crippen molar-refractivity contribution in [2.45, 2.75) is 76.3 Å². The first-order valence-electron chi connectivity index (χ1n) is 10.3. The molecule has 1 aliphatic heterocycles. The van der Waals surface area contributed by atoms with Crippen LogP contribution in [0.5, 0.6) is 0 Å². The van der Waals surface area contributed by atoms with E-state index in [-0.39, 0.29) is 5.91 Å². The summed E-state index contributed by atoms with van der Waals surface area (Å²) in [6.07, 6.45) is 14.1. The molecule has 1 aromatic rings. The Bertz CT molecular complexity index is 731. The minimum Gasteiger partial charge on any atom is -0.284 e. The Morgan fingerprint density at radius 3 is 2.26 bits per heavy atom. The van der Waals surface area contributed by atoms with Gasteiger partial charge in [-0.25, -0.2) is 0 Å². The average molecular weight is 403 g/mol. The number of nitrogens with zero attached hydrogens (tertiary/aromatic N) is 2. The highest BCUT2D eigenvalue weighted by Crippen LogP contribution is 2.38. The lowest BCUT2D eigenvalue weighted by molar-refractivity contribution is -0.124. The summed E-state index contributed by atoms with van der Waals surface area (Å²) in [6.45, 7) is 0. The third-order valence-electron chi connectivity index (χ3n) is 5.81. The molecule has 0 aromatic heterocycles. The van der Waals surface area contributed by atoms with Crippen molar-refractivity contribution in [2.24, 2.45) is 4.99 Å². The van der Waals surface area contributed by atoms with Crippen LogP contribution in [0.4, 0.5) is 0 Å². The Labute approximate surface area is 171 Å². The number of carbonyl (C=O) groups is 1. The molecule has 0 unspecified atom stereocenters. The average Bonchev–Trinajstić information content (AvgIpc) is 3.00. The van der Waals surface area contributed by atoms with Gasteiger partial charge in [-0.2, -0.15) is 0 Å². The molecule has 0 spiro atoms. The predicted octanol–water partition coefficient (Wildman–Crippen LogP) is 6.28. The molecule has 2 saturated carbocycles. The predicted molar refractivity (Wildman–Crippen MR) is 115 cm³/mol. The second kappa shape index (κ2) is 8.83. The highest BCUT2D eigenvalue weighted by atomic mass is 35.5. The summed E-state index contributed by atoms with van der Waals surface area (Å²) in [7, 11) is 0. The maximum atomic E-state index is 13.3. The zero-order valence-corrected chi connectivity index (χ0v) is 17.3. The molecule has 3 aliphatic rings. The molecule has 3 nitrogen and oxygen atoms in total. The number of benzene rings is 1. The zero-order chi connectivity index (χ0) is 18.6. The lowest BCUT2D eigenvalue weighted by atomic mass is 9.94. The van der Waals surface area contributed by atoms with Gasteiger partial charge in [0.1, 0.15) is 0 Å². The minimum absolute atomic E-state index is 0.136. The number of hydrogen-bond acceptors (Lipinski definition) is 3. The fraction of sp³-hybridized carbons (Fsp3) is 0.545. The topological polar surface area (TPSA) is 32.7 Å². The van der Waals surface area contributed by atoms with Crippen molar-refractivity contribution < 1.29 is 4.79 Å². The molecule has 27 heavy (non-hydrogen) atoms. The molecule has 144 valence electrons. The number of amides is 1. The lowest BCUT2D eigenvalue weighted by Gasteiger charge is -2.31. The Kier molecular flexibility index (Phi) is 6.24. The molecule has 1 aromatic carbocycles. The van der Waals surface area contributed by atoms with E-state index in [4.69, 9.17) is 16.6 Å². The molecule has 3 fully saturated rings. The highest BCUT2D eigenvalue weighted by molar-refractivity contribution is 8.18. The number of thioether (sulfide) groups is 1. The van der Waals surface area contributed by atoms with Gasteiger partial charge in [-0.05, 0) is 61.2 Å². The maximum absolute atomic E-state index is 13.3. The standard InChI is InChI=1S/C22H27ClN2OS/c23-17-13-11-16(12-14-17)15-20-21(26)25(19-9-5-2-6-10-19)22(27-20)24-18-7-3-1-4-8-18/h11-15,18-19H,1-10H2. The van der Waals surface area contributed by atoms with Crippen LogP contribution in [0, 0.1) is 0 Å². The van der Waals surface area contributed by atoms with E-state index < -0.39 is 0 Å². The monoisotopic (exact) mass is 402 g/mol. The number of aliphatic imine (C=N–C) groups is 1. The SMILES string of the molecule is O=C1C(=Cc2ccc(Cl)cc2)SC(=NC2CCCCC2)N1C1CCCCC1. The van der Waals surface area contributed by atoms with Crippen LogP contribution in [0.1, 0.15) is 69.8 Å². The van der Waals surface area contributed by atoms with Crippen LogP contribution in [0.25, 0.3) is 6.08 Å². The first-order chi connectivity index (χ1) is 13.2. The maximum Gasteiger partial charge on any atom is 0.266 e. The van der Waals surface area contributed by atoms with E-state index in [1.807, 2.05) is 35.2 Å². The molecular weight excluding hydrogens is 376 g/mol. The molecular formula is C22H27ClN2OS. The molecule has 0 atom stereocenters. The third-order valence-corrected chi connectivity index (χ3v) is 7.06. The van der Waals surface area contributed by atoms with Gasteiger partial charge in [-0.15, -0.1) is 0 Å². The summed E-state index contributed by atoms with van der Waals surface area (Å²) in [5.74, 6) is 0.136. The molecule has 0 bridgehead atoms. The van der Waals surface area contributed by atoms with Crippen LogP contribution in [-0.2, 0) is 4.79 Å². The smallest absolute Gasteiger partial charge is 0.266 e. The third kappa shape index (κ3) is 4.60. The van der Waals surface area contributed by atoms with Gasteiger partial charge in [0.05, 0.1) is 10.9 Å². The van der Waals surface area contributed by atoms with Gasteiger partial charge >= 0.3 is 0 Å². The van der Waals surface area contributed by atoms with Crippen molar-refractivity contribution in [1.82, 2.24) is 4.90 Å². The van der Waals surface area contributed by atoms with Crippen LogP contribution in [0.2, 0.25) is 5.02 Å². The second-order valence-electron chi connectivity index (χ2n) is 7.83. The van der Waals surface area contributed by atoms with Gasteiger partial charge in [-0.3, -0.25) is 14.7 Å². The Morgan fingerprint density at radius 1 is 0.963 bits per heavy atom. The summed E-state index contributed by atoms with van der Waals surface area (Å²) in [4.78, 5) is 21.1. The summed E-state index contributed by atoms with van der Waals surface area (Å²) in [5, 5.41) is 1.66. The zero-order valence-electron chi connectivity index (χ0n) is 15.7. The van der Waals surface area contributed by atoms with Gasteiger partial charge in [0.25, 0.3) is 5.91 Å². The quantitative estimate of drug-likeness (QED) is 0.557. The molecule has 4 rings (SSSR count). The van der Waals surface area contributed by atoms with Crippen molar-refractivity contribution >= 4 is 40.5 Å². The molecule has 5 heteroatoms. The van der Waals surface area contributed by atoms with Crippen molar-refractivity contribution in [3.63, 3.8) is 0 Å². The van der Waals surface area contributed by atoms with E-state index >= 15 is 0 Å². The normalized spacial score (nSPS) is 25.7. The molecule has 1 heterocycles. The van der Waals surface area contributed by atoms with Crippen molar-refractivity contribution in [3.05, 3.63) is 39.8 Å². The number of amidine groups is 1. The van der Waals surface area contributed by atoms with Crippen molar-refractivity contribution in [1.29, 1.82) is 0 Å². The lowest BCUT2D eigenvalue weighted by Crippen LogP contribution is -2.41. The largest absolute Gasteiger partial charge is 0.284 e. The second-order valence-corrected chi connectivity index (χ2v) is 9.28. The molecule has 2 aliphatic carbocycles. The van der Waals surface area contributed by atoms with Gasteiger partial charge < -0.3 is 0 Å². The summed E-state index contributed by atoms with van der Waals surface area (Å²) >= 11 is 7.56. The number of carbonyl (C=O) groups excluding carboxylic acids is 1. The summed E-state index contributed by atoms with van der Waals surface area (Å²) in [5.41, 5.74) is 1.01. The van der Waals surface area contributed by atoms with E-state index in [0.717, 1.165) is 41.3 Å². The fourth-order valence-corrected chi connectivity index (χ4v) is 5.55. The van der Waals surface area contributed by atoms with Gasteiger partial charge in [0.2, 0.25) is 0 Å². The van der Waals surface area contributed by atoms with Crippen LogP contribution >= 0.6 is 23.4 Å². The first-order valence-corrected chi connectivity index (χ1v) is 11.5. The summed E-state index contributed by atoms with van der Waals surface area (Å²) < 4.78 is 0. The van der Waals surface area contributed by atoms with Crippen LogP contribution < -0.4 is 0 Å². The number of halogens is 1.